The highest BCUT2D eigenvalue weighted by atomic mass is 35.7. The van der Waals surface area contributed by atoms with Gasteiger partial charge in [0.15, 0.2) is 0 Å². The Morgan fingerprint density at radius 1 is 1.43 bits per heavy atom. The van der Waals surface area contributed by atoms with E-state index in [1.807, 2.05) is 0 Å². The molecule has 1 aromatic carbocycles. The van der Waals surface area contributed by atoms with E-state index in [2.05, 4.69) is 0 Å². The smallest absolute Gasteiger partial charge is 0.212 e. The lowest BCUT2D eigenvalue weighted by Crippen LogP contribution is -1.98. The predicted octanol–water partition coefficient (Wildman–Crippen LogP) is 2.86. The van der Waals surface area contributed by atoms with Crippen molar-refractivity contribution in [1.29, 1.82) is 0 Å². The number of halogens is 3. The molecule has 6 heteroatoms. The molecule has 0 fully saturated rings. The van der Waals surface area contributed by atoms with E-state index in [4.69, 9.17) is 22.3 Å². The van der Waals surface area contributed by atoms with Crippen molar-refractivity contribution in [2.75, 3.05) is 0 Å². The van der Waals surface area contributed by atoms with Crippen LogP contribution < -0.4 is 0 Å². The van der Waals surface area contributed by atoms with E-state index in [0.717, 1.165) is 0 Å². The van der Waals surface area contributed by atoms with Crippen LogP contribution in [0.3, 0.4) is 0 Å². The minimum Gasteiger partial charge on any atom is -0.212 e. The van der Waals surface area contributed by atoms with Gasteiger partial charge in [0.05, 0.1) is 10.8 Å². The molecule has 0 saturated heterocycles. The zero-order chi connectivity index (χ0) is 10.9. The van der Waals surface area contributed by atoms with Gasteiger partial charge in [0.1, 0.15) is 5.82 Å². The van der Waals surface area contributed by atoms with Gasteiger partial charge in [-0.1, -0.05) is 23.7 Å². The van der Waals surface area contributed by atoms with E-state index in [1.54, 1.807) is 6.92 Å². The van der Waals surface area contributed by atoms with E-state index >= 15 is 0 Å². The molecule has 0 aliphatic rings. The second kappa shape index (κ2) is 4.04. The van der Waals surface area contributed by atoms with E-state index < -0.39 is 20.6 Å². The van der Waals surface area contributed by atoms with Crippen molar-refractivity contribution >= 4 is 31.3 Å². The number of rotatable bonds is 2. The summed E-state index contributed by atoms with van der Waals surface area (Å²) in [6, 6.07) is 2.90. The van der Waals surface area contributed by atoms with Gasteiger partial charge in [-0.25, -0.2) is 12.8 Å². The van der Waals surface area contributed by atoms with Crippen LogP contribution in [0, 0.1) is 12.7 Å². The van der Waals surface area contributed by atoms with Gasteiger partial charge in [-0.2, -0.15) is 0 Å². The minimum atomic E-state index is -3.71. The van der Waals surface area contributed by atoms with Crippen LogP contribution in [-0.2, 0) is 14.8 Å². The maximum absolute atomic E-state index is 13.2. The molecule has 0 aromatic heterocycles. The third kappa shape index (κ3) is 2.83. The highest BCUT2D eigenvalue weighted by Crippen LogP contribution is 2.25. The molecule has 0 heterocycles. The van der Waals surface area contributed by atoms with Crippen LogP contribution in [0.25, 0.3) is 0 Å². The first kappa shape index (κ1) is 11.8. The first-order valence-electron chi connectivity index (χ1n) is 3.67. The molecule has 0 N–H and O–H groups in total. The van der Waals surface area contributed by atoms with Gasteiger partial charge >= 0.3 is 0 Å². The van der Waals surface area contributed by atoms with Crippen LogP contribution in [0.1, 0.15) is 11.1 Å². The zero-order valence-electron chi connectivity index (χ0n) is 7.22. The lowest BCUT2D eigenvalue weighted by molar-refractivity contribution is 0.607. The van der Waals surface area contributed by atoms with Crippen molar-refractivity contribution in [3.63, 3.8) is 0 Å². The lowest BCUT2D eigenvalue weighted by atomic mass is 10.1. The fourth-order valence-corrected chi connectivity index (χ4v) is 2.31. The monoisotopic (exact) mass is 256 g/mol. The summed E-state index contributed by atoms with van der Waals surface area (Å²) in [6.45, 7) is 1.54. The topological polar surface area (TPSA) is 34.1 Å². The van der Waals surface area contributed by atoms with Crippen molar-refractivity contribution < 1.29 is 12.8 Å². The molecule has 2 nitrogen and oxygen atoms in total. The Kier molecular flexibility index (Phi) is 3.40. The second-order valence-electron chi connectivity index (χ2n) is 2.85. The third-order valence-corrected chi connectivity index (χ3v) is 3.08. The van der Waals surface area contributed by atoms with Gasteiger partial charge in [0.2, 0.25) is 9.05 Å². The third-order valence-electron chi connectivity index (χ3n) is 1.68. The van der Waals surface area contributed by atoms with Crippen molar-refractivity contribution in [2.24, 2.45) is 0 Å². The highest BCUT2D eigenvalue weighted by molar-refractivity contribution is 8.13. The quantitative estimate of drug-likeness (QED) is 0.763. The largest absolute Gasteiger partial charge is 0.236 e. The summed E-state index contributed by atoms with van der Waals surface area (Å²) >= 11 is 5.61. The van der Waals surface area contributed by atoms with Crippen LogP contribution in [0.15, 0.2) is 12.1 Å². The maximum atomic E-state index is 13.2. The van der Waals surface area contributed by atoms with Crippen LogP contribution in [0.2, 0.25) is 5.02 Å². The molecule has 0 saturated carbocycles. The maximum Gasteiger partial charge on any atom is 0.236 e. The highest BCUT2D eigenvalue weighted by Gasteiger charge is 2.14. The summed E-state index contributed by atoms with van der Waals surface area (Å²) in [5.41, 5.74) is 0.537. The van der Waals surface area contributed by atoms with Gasteiger partial charge in [-0.15, -0.1) is 0 Å². The Hall–Kier alpha value is -0.320. The van der Waals surface area contributed by atoms with Crippen LogP contribution in [-0.4, -0.2) is 8.42 Å². The fourth-order valence-electron chi connectivity index (χ4n) is 0.983. The Morgan fingerprint density at radius 3 is 2.50 bits per heavy atom. The van der Waals surface area contributed by atoms with E-state index in [-0.39, 0.29) is 10.6 Å². The van der Waals surface area contributed by atoms with E-state index in [1.165, 1.54) is 12.1 Å². The summed E-state index contributed by atoms with van der Waals surface area (Å²) in [5, 5.41) is -0.186. The number of hydrogen-bond donors (Lipinski definition) is 0. The molecule has 0 atom stereocenters. The molecular formula is C8H7Cl2FO2S. The van der Waals surface area contributed by atoms with E-state index in [9.17, 15) is 12.8 Å². The van der Waals surface area contributed by atoms with Crippen LogP contribution in [0.4, 0.5) is 4.39 Å². The molecule has 0 bridgehead atoms. The zero-order valence-corrected chi connectivity index (χ0v) is 9.55. The van der Waals surface area contributed by atoms with Gasteiger partial charge in [0, 0.05) is 10.7 Å². The number of benzene rings is 1. The average molecular weight is 257 g/mol. The Balaban J connectivity index is 3.19. The molecule has 0 aliphatic carbocycles. The molecule has 0 amide bonds. The van der Waals surface area contributed by atoms with Gasteiger partial charge < -0.3 is 0 Å². The first-order chi connectivity index (χ1) is 6.31. The van der Waals surface area contributed by atoms with Crippen molar-refractivity contribution in [2.45, 2.75) is 12.7 Å². The number of hydrogen-bond acceptors (Lipinski definition) is 2. The Bertz CT molecular complexity index is 457. The minimum absolute atomic E-state index is 0.171. The van der Waals surface area contributed by atoms with Crippen LogP contribution in [0.5, 0.6) is 0 Å². The molecule has 0 aliphatic heterocycles. The van der Waals surface area contributed by atoms with Crippen molar-refractivity contribution in [1.82, 2.24) is 0 Å². The van der Waals surface area contributed by atoms with Crippen molar-refractivity contribution in [3.05, 3.63) is 34.1 Å². The standard InChI is InChI=1S/C8H7Cl2FO2S/c1-5-2-3-6(4-14(10,12)13)7(9)8(5)11/h2-3H,4H2,1H3. The molecule has 1 rings (SSSR count). The van der Waals surface area contributed by atoms with Gasteiger partial charge in [0.25, 0.3) is 0 Å². The fraction of sp³-hybridized carbons (Fsp3) is 0.250. The molecule has 0 unspecified atom stereocenters. The summed E-state index contributed by atoms with van der Waals surface area (Å²) in [6.07, 6.45) is 0. The summed E-state index contributed by atoms with van der Waals surface area (Å²) in [7, 11) is 1.31. The first-order valence-corrected chi connectivity index (χ1v) is 6.52. The summed E-state index contributed by atoms with van der Waals surface area (Å²) in [4.78, 5) is 0. The molecular weight excluding hydrogens is 250 g/mol. The van der Waals surface area contributed by atoms with Gasteiger partial charge in [-0.05, 0) is 18.1 Å². The summed E-state index contributed by atoms with van der Waals surface area (Å²) in [5.74, 6) is -1.07. The van der Waals surface area contributed by atoms with E-state index in [0.29, 0.717) is 5.56 Å². The molecule has 1 aromatic rings. The summed E-state index contributed by atoms with van der Waals surface area (Å²) < 4.78 is 34.7. The Morgan fingerprint density at radius 2 is 2.00 bits per heavy atom. The average Bonchev–Trinajstić information content (AvgIpc) is 2.04. The molecule has 78 valence electrons. The van der Waals surface area contributed by atoms with Crippen LogP contribution >= 0.6 is 22.3 Å². The molecule has 14 heavy (non-hydrogen) atoms. The molecule has 0 radical (unpaired) electrons. The Labute approximate surface area is 91.1 Å². The lowest BCUT2D eigenvalue weighted by Gasteiger charge is -2.04. The van der Waals surface area contributed by atoms with Crippen molar-refractivity contribution in [3.8, 4) is 0 Å². The predicted molar refractivity (Wildman–Crippen MR) is 54.6 cm³/mol. The molecule has 0 spiro atoms. The SMILES string of the molecule is Cc1ccc(CS(=O)(=O)Cl)c(Cl)c1F. The van der Waals surface area contributed by atoms with Gasteiger partial charge in [-0.3, -0.25) is 0 Å². The normalized spacial score (nSPS) is 11.7. The number of aryl methyl sites for hydroxylation is 1. The second-order valence-corrected chi connectivity index (χ2v) is 6.01.